The molecule has 0 bridgehead atoms. The molecule has 3 nitrogen and oxygen atoms in total. The predicted molar refractivity (Wildman–Crippen MR) is 63.9 cm³/mol. The summed E-state index contributed by atoms with van der Waals surface area (Å²) in [5, 5.41) is 0. The van der Waals surface area contributed by atoms with Gasteiger partial charge in [-0.05, 0) is 24.3 Å². The van der Waals surface area contributed by atoms with Gasteiger partial charge in [-0.3, -0.25) is 4.79 Å². The molecule has 0 fully saturated rings. The minimum atomic E-state index is 0.352. The maximum atomic E-state index is 10.5. The number of hydrogen-bond acceptors (Lipinski definition) is 3. The Morgan fingerprint density at radius 1 is 1.19 bits per heavy atom. The van der Waals surface area contributed by atoms with Crippen LogP contribution in [0.15, 0.2) is 40.8 Å². The number of hydrogen-bond donors (Lipinski definition) is 0. The van der Waals surface area contributed by atoms with Gasteiger partial charge in [0.15, 0.2) is 12.0 Å². The fourth-order valence-electron chi connectivity index (χ4n) is 1.51. The molecule has 0 saturated carbocycles. The molecule has 0 radical (unpaired) electrons. The maximum Gasteiger partial charge on any atom is 0.185 e. The van der Waals surface area contributed by atoms with Gasteiger partial charge in [0.2, 0.25) is 0 Å². The Morgan fingerprint density at radius 2 is 2.00 bits per heavy atom. The molecule has 0 atom stereocenters. The van der Waals surface area contributed by atoms with Crippen LogP contribution in [0.25, 0.3) is 11.3 Å². The van der Waals surface area contributed by atoms with E-state index in [1.54, 1.807) is 12.1 Å². The Bertz CT molecular complexity index is 500. The lowest BCUT2D eigenvalue weighted by Gasteiger charge is -2.12. The molecule has 0 unspecified atom stereocenters. The van der Waals surface area contributed by atoms with E-state index in [1.165, 1.54) is 0 Å². The summed E-state index contributed by atoms with van der Waals surface area (Å²) in [6.07, 6.45) is 0.708. The van der Waals surface area contributed by atoms with Crippen molar-refractivity contribution in [1.29, 1.82) is 0 Å². The van der Waals surface area contributed by atoms with E-state index >= 15 is 0 Å². The van der Waals surface area contributed by atoms with Gasteiger partial charge in [0.25, 0.3) is 0 Å². The van der Waals surface area contributed by atoms with Crippen molar-refractivity contribution in [1.82, 2.24) is 0 Å². The van der Waals surface area contributed by atoms with Gasteiger partial charge in [0, 0.05) is 25.3 Å². The molecule has 0 aliphatic heterocycles. The average Bonchev–Trinajstić information content (AvgIpc) is 2.77. The number of furan rings is 1. The highest BCUT2D eigenvalue weighted by atomic mass is 16.3. The smallest absolute Gasteiger partial charge is 0.185 e. The Morgan fingerprint density at radius 3 is 2.62 bits per heavy atom. The summed E-state index contributed by atoms with van der Waals surface area (Å²) in [4.78, 5) is 12.5. The largest absolute Gasteiger partial charge is 0.453 e. The normalized spacial score (nSPS) is 10.1. The summed E-state index contributed by atoms with van der Waals surface area (Å²) in [7, 11) is 3.97. The molecule has 0 aliphatic carbocycles. The quantitative estimate of drug-likeness (QED) is 0.738. The van der Waals surface area contributed by atoms with Gasteiger partial charge in [-0.2, -0.15) is 0 Å². The Balaban J connectivity index is 2.39. The van der Waals surface area contributed by atoms with E-state index in [9.17, 15) is 4.79 Å². The molecular formula is C13H13NO2. The van der Waals surface area contributed by atoms with Crippen molar-refractivity contribution >= 4 is 12.0 Å². The summed E-state index contributed by atoms with van der Waals surface area (Å²) in [5.41, 5.74) is 2.07. The van der Waals surface area contributed by atoms with Crippen LogP contribution >= 0.6 is 0 Å². The van der Waals surface area contributed by atoms with Crippen molar-refractivity contribution in [2.45, 2.75) is 0 Å². The van der Waals surface area contributed by atoms with Crippen LogP contribution in [0.4, 0.5) is 5.69 Å². The molecule has 0 aliphatic rings. The second kappa shape index (κ2) is 4.23. The zero-order valence-electron chi connectivity index (χ0n) is 9.31. The van der Waals surface area contributed by atoms with Gasteiger partial charge < -0.3 is 9.32 Å². The number of anilines is 1. The standard InChI is InChI=1S/C13H13NO2/c1-14(2)11-5-3-4-10(8-11)13-7-6-12(9-15)16-13/h3-9H,1-2H3. The fourth-order valence-corrected chi connectivity index (χ4v) is 1.51. The second-order valence-electron chi connectivity index (χ2n) is 3.76. The molecule has 0 amide bonds. The molecular weight excluding hydrogens is 202 g/mol. The van der Waals surface area contributed by atoms with Crippen LogP contribution in [-0.4, -0.2) is 20.4 Å². The Labute approximate surface area is 94.3 Å². The lowest BCUT2D eigenvalue weighted by molar-refractivity contribution is 0.110. The van der Waals surface area contributed by atoms with E-state index in [2.05, 4.69) is 0 Å². The van der Waals surface area contributed by atoms with Crippen LogP contribution in [0.2, 0.25) is 0 Å². The van der Waals surface area contributed by atoms with Gasteiger partial charge in [-0.15, -0.1) is 0 Å². The highest BCUT2D eigenvalue weighted by Crippen LogP contribution is 2.25. The van der Waals surface area contributed by atoms with Crippen LogP contribution < -0.4 is 4.90 Å². The fraction of sp³-hybridized carbons (Fsp3) is 0.154. The first-order valence-electron chi connectivity index (χ1n) is 5.03. The number of benzene rings is 1. The monoisotopic (exact) mass is 215 g/mol. The van der Waals surface area contributed by atoms with Crippen LogP contribution in [0.1, 0.15) is 10.6 Å². The summed E-state index contributed by atoms with van der Waals surface area (Å²) < 4.78 is 5.37. The predicted octanol–water partition coefficient (Wildman–Crippen LogP) is 2.83. The molecule has 16 heavy (non-hydrogen) atoms. The third-order valence-corrected chi connectivity index (χ3v) is 2.39. The van der Waals surface area contributed by atoms with Crippen molar-refractivity contribution in [3.8, 4) is 11.3 Å². The maximum absolute atomic E-state index is 10.5. The van der Waals surface area contributed by atoms with Crippen LogP contribution in [-0.2, 0) is 0 Å². The van der Waals surface area contributed by atoms with Gasteiger partial charge >= 0.3 is 0 Å². The third kappa shape index (κ3) is 1.98. The van der Waals surface area contributed by atoms with Gasteiger partial charge in [-0.1, -0.05) is 12.1 Å². The highest BCUT2D eigenvalue weighted by molar-refractivity contribution is 5.73. The number of carbonyl (C=O) groups is 1. The molecule has 0 spiro atoms. The van der Waals surface area contributed by atoms with E-state index in [4.69, 9.17) is 4.42 Å². The van der Waals surface area contributed by atoms with Crippen molar-refractivity contribution in [2.24, 2.45) is 0 Å². The van der Waals surface area contributed by atoms with Gasteiger partial charge in [0.05, 0.1) is 0 Å². The van der Waals surface area contributed by atoms with Crippen molar-refractivity contribution in [3.05, 3.63) is 42.2 Å². The number of nitrogens with zero attached hydrogens (tertiary/aromatic N) is 1. The summed E-state index contributed by atoms with van der Waals surface area (Å²) in [5.74, 6) is 1.07. The molecule has 2 rings (SSSR count). The van der Waals surface area contributed by atoms with Crippen LogP contribution in [0.5, 0.6) is 0 Å². The average molecular weight is 215 g/mol. The summed E-state index contributed by atoms with van der Waals surface area (Å²) in [6.45, 7) is 0. The van der Waals surface area contributed by atoms with E-state index in [0.29, 0.717) is 17.8 Å². The topological polar surface area (TPSA) is 33.5 Å². The zero-order valence-corrected chi connectivity index (χ0v) is 9.31. The van der Waals surface area contributed by atoms with Crippen molar-refractivity contribution < 1.29 is 9.21 Å². The van der Waals surface area contributed by atoms with Crippen LogP contribution in [0.3, 0.4) is 0 Å². The molecule has 2 aromatic rings. The second-order valence-corrected chi connectivity index (χ2v) is 3.76. The van der Waals surface area contributed by atoms with E-state index in [-0.39, 0.29) is 0 Å². The molecule has 3 heteroatoms. The number of rotatable bonds is 3. The van der Waals surface area contributed by atoms with Gasteiger partial charge in [-0.25, -0.2) is 0 Å². The molecule has 0 saturated heterocycles. The number of carbonyl (C=O) groups excluding carboxylic acids is 1. The molecule has 82 valence electrons. The summed E-state index contributed by atoms with van der Waals surface area (Å²) in [6, 6.07) is 11.4. The molecule has 1 heterocycles. The van der Waals surface area contributed by atoms with Gasteiger partial charge in [0.1, 0.15) is 5.76 Å². The molecule has 1 aromatic heterocycles. The lowest BCUT2D eigenvalue weighted by Crippen LogP contribution is -2.08. The third-order valence-electron chi connectivity index (χ3n) is 2.39. The Hall–Kier alpha value is -2.03. The van der Waals surface area contributed by atoms with E-state index < -0.39 is 0 Å². The minimum absolute atomic E-state index is 0.352. The zero-order chi connectivity index (χ0) is 11.5. The molecule has 1 aromatic carbocycles. The van der Waals surface area contributed by atoms with E-state index in [1.807, 2.05) is 43.3 Å². The number of aldehydes is 1. The first-order valence-corrected chi connectivity index (χ1v) is 5.03. The summed E-state index contributed by atoms with van der Waals surface area (Å²) >= 11 is 0. The van der Waals surface area contributed by atoms with Crippen molar-refractivity contribution in [3.63, 3.8) is 0 Å². The van der Waals surface area contributed by atoms with E-state index in [0.717, 1.165) is 11.3 Å². The Kier molecular flexibility index (Phi) is 2.77. The SMILES string of the molecule is CN(C)c1cccc(-c2ccc(C=O)o2)c1. The highest BCUT2D eigenvalue weighted by Gasteiger charge is 2.05. The molecule has 0 N–H and O–H groups in total. The van der Waals surface area contributed by atoms with Crippen LogP contribution in [0, 0.1) is 0 Å². The minimum Gasteiger partial charge on any atom is -0.453 e. The van der Waals surface area contributed by atoms with Crippen molar-refractivity contribution in [2.75, 3.05) is 19.0 Å². The first kappa shape index (κ1) is 10.5. The lowest BCUT2D eigenvalue weighted by atomic mass is 10.1. The first-order chi connectivity index (χ1) is 7.70.